The van der Waals surface area contributed by atoms with E-state index in [0.717, 1.165) is 24.8 Å². The zero-order chi connectivity index (χ0) is 19.8. The van der Waals surface area contributed by atoms with Crippen LogP contribution in [0.3, 0.4) is 0 Å². The first-order chi connectivity index (χ1) is 14.1. The monoisotopic (exact) mass is 565 g/mol. The topological polar surface area (TPSA) is 12.0 Å². The van der Waals surface area contributed by atoms with Crippen molar-refractivity contribution in [3.05, 3.63) is 115 Å². The third-order valence-corrected chi connectivity index (χ3v) is 7.53. The lowest BCUT2D eigenvalue weighted by Gasteiger charge is -2.40. The van der Waals surface area contributed by atoms with Crippen LogP contribution >= 0.6 is 47.8 Å². The summed E-state index contributed by atoms with van der Waals surface area (Å²) in [7, 11) is 0. The van der Waals surface area contributed by atoms with E-state index < -0.39 is 0 Å². The SMILES string of the molecule is Brc1ccc2c(c1)C1(c3cc(Br)ccc3N2)c2ccccc2-c2ccc(Br)cc21. The van der Waals surface area contributed by atoms with Gasteiger partial charge in [-0.1, -0.05) is 78.1 Å². The Kier molecular flexibility index (Phi) is 3.90. The lowest BCUT2D eigenvalue weighted by molar-refractivity contribution is 0.761. The van der Waals surface area contributed by atoms with Crippen molar-refractivity contribution < 1.29 is 0 Å². The molecule has 2 aliphatic rings. The number of nitrogens with one attached hydrogen (secondary N) is 1. The molecule has 0 saturated heterocycles. The van der Waals surface area contributed by atoms with Crippen LogP contribution in [0.25, 0.3) is 11.1 Å². The average Bonchev–Trinajstić information content (AvgIpc) is 3.00. The Hall–Kier alpha value is -1.88. The fraction of sp³-hybridized carbons (Fsp3) is 0.0400. The highest BCUT2D eigenvalue weighted by atomic mass is 79.9. The maximum Gasteiger partial charge on any atom is 0.0755 e. The molecule has 29 heavy (non-hydrogen) atoms. The van der Waals surface area contributed by atoms with Gasteiger partial charge >= 0.3 is 0 Å². The predicted octanol–water partition coefficient (Wildman–Crippen LogP) is 8.39. The molecule has 0 radical (unpaired) electrons. The van der Waals surface area contributed by atoms with Crippen LogP contribution in [0.15, 0.2) is 92.3 Å². The van der Waals surface area contributed by atoms with Crippen LogP contribution in [0.1, 0.15) is 22.3 Å². The summed E-state index contributed by atoms with van der Waals surface area (Å²) in [5.41, 5.74) is 9.68. The third-order valence-electron chi connectivity index (χ3n) is 6.05. The van der Waals surface area contributed by atoms with Crippen molar-refractivity contribution >= 4 is 59.2 Å². The van der Waals surface area contributed by atoms with E-state index in [2.05, 4.69) is 132 Å². The third kappa shape index (κ3) is 2.37. The zero-order valence-corrected chi connectivity index (χ0v) is 19.9. The normalized spacial score (nSPS) is 14.6. The van der Waals surface area contributed by atoms with Gasteiger partial charge in [-0.15, -0.1) is 0 Å². The molecule has 1 aliphatic heterocycles. The molecule has 1 spiro atoms. The van der Waals surface area contributed by atoms with Gasteiger partial charge in [0.15, 0.2) is 0 Å². The molecule has 1 aliphatic carbocycles. The van der Waals surface area contributed by atoms with Crippen LogP contribution in [-0.4, -0.2) is 0 Å². The zero-order valence-electron chi connectivity index (χ0n) is 15.1. The second kappa shape index (κ2) is 6.31. The number of fused-ring (bicyclic) bond motifs is 9. The maximum atomic E-state index is 3.73. The summed E-state index contributed by atoms with van der Waals surface area (Å²) in [5, 5.41) is 3.67. The fourth-order valence-corrected chi connectivity index (χ4v) is 6.08. The fourth-order valence-electron chi connectivity index (χ4n) is 4.99. The Labute approximate surface area is 194 Å². The van der Waals surface area contributed by atoms with Crippen molar-refractivity contribution in [3.8, 4) is 11.1 Å². The summed E-state index contributed by atoms with van der Waals surface area (Å²) in [5.74, 6) is 0. The number of benzene rings is 4. The first-order valence-electron chi connectivity index (χ1n) is 9.36. The van der Waals surface area contributed by atoms with E-state index in [1.165, 1.54) is 33.4 Å². The molecule has 1 N–H and O–H groups in total. The van der Waals surface area contributed by atoms with E-state index in [4.69, 9.17) is 0 Å². The predicted molar refractivity (Wildman–Crippen MR) is 130 cm³/mol. The number of anilines is 2. The first-order valence-corrected chi connectivity index (χ1v) is 11.7. The first kappa shape index (κ1) is 17.9. The molecule has 0 amide bonds. The van der Waals surface area contributed by atoms with Crippen molar-refractivity contribution in [1.29, 1.82) is 0 Å². The standard InChI is InChI=1S/C25H14Br3N/c26-14-5-8-18-17-3-1-2-4-19(17)25(20(18)11-14)21-12-15(27)6-9-23(21)29-24-10-7-16(28)13-22(24)25/h1-13,29H. The molecule has 0 atom stereocenters. The highest BCUT2D eigenvalue weighted by Gasteiger charge is 2.50. The minimum atomic E-state index is -0.376. The van der Waals surface area contributed by atoms with Crippen LogP contribution in [0.5, 0.6) is 0 Å². The average molecular weight is 568 g/mol. The second-order valence-corrected chi connectivity index (χ2v) is 10.2. The summed E-state index contributed by atoms with van der Waals surface area (Å²) in [6.45, 7) is 0. The van der Waals surface area contributed by atoms with E-state index in [0.29, 0.717) is 0 Å². The van der Waals surface area contributed by atoms with Gasteiger partial charge in [-0.25, -0.2) is 0 Å². The lowest BCUT2D eigenvalue weighted by atomic mass is 9.65. The van der Waals surface area contributed by atoms with Gasteiger partial charge in [0.1, 0.15) is 0 Å². The molecule has 0 fully saturated rings. The van der Waals surface area contributed by atoms with E-state index >= 15 is 0 Å². The van der Waals surface area contributed by atoms with Crippen molar-refractivity contribution in [2.24, 2.45) is 0 Å². The second-order valence-electron chi connectivity index (χ2n) is 7.49. The summed E-state index contributed by atoms with van der Waals surface area (Å²) in [6.07, 6.45) is 0. The lowest BCUT2D eigenvalue weighted by Crippen LogP contribution is -2.33. The largest absolute Gasteiger partial charge is 0.355 e. The van der Waals surface area contributed by atoms with Gasteiger partial charge < -0.3 is 5.32 Å². The number of halogens is 3. The summed E-state index contributed by atoms with van der Waals surface area (Å²) in [6, 6.07) is 28.6. The van der Waals surface area contributed by atoms with Crippen molar-refractivity contribution in [2.75, 3.05) is 5.32 Å². The molecule has 4 aromatic rings. The number of rotatable bonds is 0. The Balaban J connectivity index is 1.87. The summed E-state index contributed by atoms with van der Waals surface area (Å²) >= 11 is 11.2. The minimum Gasteiger partial charge on any atom is -0.355 e. The Morgan fingerprint density at radius 3 is 1.69 bits per heavy atom. The van der Waals surface area contributed by atoms with Gasteiger partial charge in [0, 0.05) is 24.8 Å². The molecule has 140 valence electrons. The highest BCUT2D eigenvalue weighted by Crippen LogP contribution is 2.61. The van der Waals surface area contributed by atoms with E-state index in [1.807, 2.05) is 0 Å². The van der Waals surface area contributed by atoms with Crippen LogP contribution in [0.2, 0.25) is 0 Å². The van der Waals surface area contributed by atoms with Gasteiger partial charge in [-0.3, -0.25) is 0 Å². The Bertz CT molecular complexity index is 1270. The van der Waals surface area contributed by atoms with Gasteiger partial charge in [-0.2, -0.15) is 0 Å². The maximum absolute atomic E-state index is 3.73. The van der Waals surface area contributed by atoms with Gasteiger partial charge in [0.2, 0.25) is 0 Å². The van der Waals surface area contributed by atoms with E-state index in [1.54, 1.807) is 0 Å². The van der Waals surface area contributed by atoms with Gasteiger partial charge in [0.25, 0.3) is 0 Å². The quantitative estimate of drug-likeness (QED) is 0.194. The number of hydrogen-bond acceptors (Lipinski definition) is 1. The molecular weight excluding hydrogens is 554 g/mol. The smallest absolute Gasteiger partial charge is 0.0755 e. The Morgan fingerprint density at radius 1 is 0.517 bits per heavy atom. The molecule has 4 aromatic carbocycles. The Morgan fingerprint density at radius 2 is 1.03 bits per heavy atom. The molecule has 0 unspecified atom stereocenters. The minimum absolute atomic E-state index is 0.376. The molecule has 0 aromatic heterocycles. The van der Waals surface area contributed by atoms with E-state index in [9.17, 15) is 0 Å². The highest BCUT2D eigenvalue weighted by molar-refractivity contribution is 9.11. The van der Waals surface area contributed by atoms with Crippen LogP contribution < -0.4 is 5.32 Å². The molecule has 1 nitrogen and oxygen atoms in total. The number of hydrogen-bond donors (Lipinski definition) is 1. The van der Waals surface area contributed by atoms with Gasteiger partial charge in [-0.05, 0) is 81.9 Å². The van der Waals surface area contributed by atoms with Crippen LogP contribution in [-0.2, 0) is 5.41 Å². The van der Waals surface area contributed by atoms with Gasteiger partial charge in [0.05, 0.1) is 5.41 Å². The van der Waals surface area contributed by atoms with Crippen molar-refractivity contribution in [1.82, 2.24) is 0 Å². The van der Waals surface area contributed by atoms with E-state index in [-0.39, 0.29) is 5.41 Å². The molecular formula is C25H14Br3N. The summed E-state index contributed by atoms with van der Waals surface area (Å²) in [4.78, 5) is 0. The van der Waals surface area contributed by atoms with Crippen molar-refractivity contribution in [2.45, 2.75) is 5.41 Å². The van der Waals surface area contributed by atoms with Crippen LogP contribution in [0.4, 0.5) is 11.4 Å². The molecule has 6 rings (SSSR count). The summed E-state index contributed by atoms with van der Waals surface area (Å²) < 4.78 is 3.25. The molecule has 0 saturated carbocycles. The molecule has 0 bridgehead atoms. The molecule has 4 heteroatoms. The van der Waals surface area contributed by atoms with Crippen molar-refractivity contribution in [3.63, 3.8) is 0 Å². The molecule has 1 heterocycles. The van der Waals surface area contributed by atoms with Crippen LogP contribution in [0, 0.1) is 0 Å².